The van der Waals surface area contributed by atoms with Gasteiger partial charge in [-0.15, -0.1) is 0 Å². The molecule has 6 heteroatoms. The van der Waals surface area contributed by atoms with Crippen LogP contribution in [-0.4, -0.2) is 35.7 Å². The molecule has 2 aromatic rings. The van der Waals surface area contributed by atoms with Gasteiger partial charge < -0.3 is 9.57 Å². The van der Waals surface area contributed by atoms with Crippen LogP contribution in [0.5, 0.6) is 0 Å². The Bertz CT molecular complexity index is 853. The number of carbonyl (C=O) groups is 1. The molecule has 0 unspecified atom stereocenters. The number of carbonyl (C=O) groups excluding carboxylic acids is 1. The highest BCUT2D eigenvalue weighted by Crippen LogP contribution is 2.35. The van der Waals surface area contributed by atoms with Crippen molar-refractivity contribution >= 4 is 11.7 Å². The standard InChI is InChI=1S/C21H23N3O3/c1-15-12-16(2)14-18(13-15)19-23-27-21(8-10-26-11-9-21)24(19)22-20(25)17-6-4-3-5-7-17/h3-7,12-14H,8-11H2,1-2H3,(H,22,25). The molecule has 0 radical (unpaired) electrons. The quantitative estimate of drug-likeness (QED) is 0.908. The molecule has 0 aliphatic carbocycles. The third-order valence-corrected chi connectivity index (χ3v) is 4.92. The summed E-state index contributed by atoms with van der Waals surface area (Å²) in [7, 11) is 0. The molecule has 0 atom stereocenters. The van der Waals surface area contributed by atoms with E-state index in [0.717, 1.165) is 16.7 Å². The van der Waals surface area contributed by atoms with Crippen LogP contribution in [0.4, 0.5) is 0 Å². The number of aryl methyl sites for hydroxylation is 2. The summed E-state index contributed by atoms with van der Waals surface area (Å²) < 4.78 is 5.50. The van der Waals surface area contributed by atoms with E-state index >= 15 is 0 Å². The first-order valence-electron chi connectivity index (χ1n) is 9.16. The lowest BCUT2D eigenvalue weighted by atomic mass is 10.0. The summed E-state index contributed by atoms with van der Waals surface area (Å²) in [5, 5.41) is 6.16. The molecule has 1 spiro atoms. The molecule has 2 aliphatic heterocycles. The molecule has 4 rings (SSSR count). The van der Waals surface area contributed by atoms with E-state index < -0.39 is 5.72 Å². The first-order valence-corrected chi connectivity index (χ1v) is 9.16. The molecule has 0 saturated carbocycles. The first-order chi connectivity index (χ1) is 13.1. The molecule has 0 bridgehead atoms. The summed E-state index contributed by atoms with van der Waals surface area (Å²) in [6, 6.07) is 15.4. The minimum absolute atomic E-state index is 0.191. The topological polar surface area (TPSA) is 63.2 Å². The predicted molar refractivity (Wildman–Crippen MR) is 102 cm³/mol. The monoisotopic (exact) mass is 365 g/mol. The average Bonchev–Trinajstić information content (AvgIpc) is 3.00. The number of nitrogens with zero attached hydrogens (tertiary/aromatic N) is 2. The Morgan fingerprint density at radius 1 is 1.07 bits per heavy atom. The highest BCUT2D eigenvalue weighted by molar-refractivity contribution is 6.02. The fourth-order valence-electron chi connectivity index (χ4n) is 3.60. The number of hydrogen-bond donors (Lipinski definition) is 1. The zero-order valence-corrected chi connectivity index (χ0v) is 15.6. The van der Waals surface area contributed by atoms with Crippen molar-refractivity contribution in [3.63, 3.8) is 0 Å². The van der Waals surface area contributed by atoms with Crippen LogP contribution in [-0.2, 0) is 9.57 Å². The van der Waals surface area contributed by atoms with Gasteiger partial charge in [0.1, 0.15) is 0 Å². The van der Waals surface area contributed by atoms with Crippen LogP contribution < -0.4 is 5.43 Å². The number of oxime groups is 1. The molecular formula is C21H23N3O3. The second-order valence-corrected chi connectivity index (χ2v) is 7.08. The van der Waals surface area contributed by atoms with Crippen molar-refractivity contribution in [1.82, 2.24) is 10.4 Å². The van der Waals surface area contributed by atoms with Gasteiger partial charge >= 0.3 is 0 Å². The molecule has 1 N–H and O–H groups in total. The third kappa shape index (κ3) is 3.40. The van der Waals surface area contributed by atoms with Crippen LogP contribution in [0.1, 0.15) is 39.9 Å². The van der Waals surface area contributed by atoms with Crippen LogP contribution in [0.15, 0.2) is 53.7 Å². The molecule has 2 heterocycles. The predicted octanol–water partition coefficient (Wildman–Crippen LogP) is 3.15. The third-order valence-electron chi connectivity index (χ3n) is 4.92. The summed E-state index contributed by atoms with van der Waals surface area (Å²) in [5.74, 6) is 0.428. The summed E-state index contributed by atoms with van der Waals surface area (Å²) in [6.45, 7) is 5.22. The minimum Gasteiger partial charge on any atom is -0.381 e. The molecule has 27 heavy (non-hydrogen) atoms. The summed E-state index contributed by atoms with van der Waals surface area (Å²) in [5.41, 5.74) is 6.09. The molecule has 6 nitrogen and oxygen atoms in total. The van der Waals surface area contributed by atoms with Gasteiger partial charge in [-0.25, -0.2) is 5.01 Å². The van der Waals surface area contributed by atoms with Gasteiger partial charge in [0.25, 0.3) is 5.91 Å². The number of amidine groups is 1. The Balaban J connectivity index is 1.68. The number of nitrogens with one attached hydrogen (secondary N) is 1. The van der Waals surface area contributed by atoms with E-state index in [4.69, 9.17) is 9.57 Å². The van der Waals surface area contributed by atoms with Gasteiger partial charge in [-0.3, -0.25) is 10.2 Å². The Kier molecular flexibility index (Phi) is 4.58. The highest BCUT2D eigenvalue weighted by atomic mass is 16.7. The molecule has 1 saturated heterocycles. The largest absolute Gasteiger partial charge is 0.381 e. The van der Waals surface area contributed by atoms with Crippen molar-refractivity contribution in [3.05, 3.63) is 70.8 Å². The van der Waals surface area contributed by atoms with E-state index in [0.29, 0.717) is 37.5 Å². The first kappa shape index (κ1) is 17.5. The van der Waals surface area contributed by atoms with Gasteiger partial charge in [-0.05, 0) is 38.1 Å². The van der Waals surface area contributed by atoms with Crippen LogP contribution in [0, 0.1) is 13.8 Å². The van der Waals surface area contributed by atoms with E-state index in [1.54, 1.807) is 17.1 Å². The summed E-state index contributed by atoms with van der Waals surface area (Å²) >= 11 is 0. The van der Waals surface area contributed by atoms with Crippen molar-refractivity contribution in [2.75, 3.05) is 13.2 Å². The maximum absolute atomic E-state index is 12.8. The van der Waals surface area contributed by atoms with Crippen LogP contribution in [0.3, 0.4) is 0 Å². The number of benzene rings is 2. The maximum atomic E-state index is 12.8. The van der Waals surface area contributed by atoms with Crippen LogP contribution in [0.2, 0.25) is 0 Å². The molecule has 2 aliphatic rings. The summed E-state index contributed by atoms with van der Waals surface area (Å²) in [6.07, 6.45) is 1.25. The van der Waals surface area contributed by atoms with Crippen LogP contribution >= 0.6 is 0 Å². The number of ether oxygens (including phenoxy) is 1. The Hall–Kier alpha value is -2.86. The zero-order valence-electron chi connectivity index (χ0n) is 15.6. The summed E-state index contributed by atoms with van der Waals surface area (Å²) in [4.78, 5) is 18.7. The number of hydrogen-bond acceptors (Lipinski definition) is 5. The molecule has 0 aromatic heterocycles. The maximum Gasteiger partial charge on any atom is 0.269 e. The van der Waals surface area contributed by atoms with E-state index in [1.165, 1.54) is 0 Å². The second-order valence-electron chi connectivity index (χ2n) is 7.08. The Morgan fingerprint density at radius 2 is 1.74 bits per heavy atom. The normalized spacial score (nSPS) is 18.1. The van der Waals surface area contributed by atoms with Gasteiger partial charge in [-0.2, -0.15) is 0 Å². The number of rotatable bonds is 3. The zero-order chi connectivity index (χ0) is 18.9. The van der Waals surface area contributed by atoms with Crippen molar-refractivity contribution < 1.29 is 14.4 Å². The average molecular weight is 365 g/mol. The number of amides is 1. The lowest BCUT2D eigenvalue weighted by molar-refractivity contribution is -0.163. The number of hydrazine groups is 1. The van der Waals surface area contributed by atoms with E-state index in [-0.39, 0.29) is 5.91 Å². The molecular weight excluding hydrogens is 342 g/mol. The van der Waals surface area contributed by atoms with Crippen molar-refractivity contribution in [2.24, 2.45) is 5.16 Å². The lowest BCUT2D eigenvalue weighted by Gasteiger charge is -2.39. The molecule has 2 aromatic carbocycles. The lowest BCUT2D eigenvalue weighted by Crippen LogP contribution is -2.59. The fourth-order valence-corrected chi connectivity index (χ4v) is 3.60. The fraction of sp³-hybridized carbons (Fsp3) is 0.333. The van der Waals surface area contributed by atoms with Gasteiger partial charge in [0, 0.05) is 24.0 Å². The molecule has 1 amide bonds. The Morgan fingerprint density at radius 3 is 2.41 bits per heavy atom. The highest BCUT2D eigenvalue weighted by Gasteiger charge is 2.49. The van der Waals surface area contributed by atoms with E-state index in [9.17, 15) is 4.79 Å². The van der Waals surface area contributed by atoms with Gasteiger partial charge in [0.2, 0.25) is 5.72 Å². The van der Waals surface area contributed by atoms with E-state index in [1.807, 2.05) is 32.0 Å². The van der Waals surface area contributed by atoms with Crippen molar-refractivity contribution in [1.29, 1.82) is 0 Å². The van der Waals surface area contributed by atoms with Crippen molar-refractivity contribution in [3.8, 4) is 0 Å². The molecule has 140 valence electrons. The Labute approximate surface area is 158 Å². The second kappa shape index (κ2) is 7.04. The van der Waals surface area contributed by atoms with Gasteiger partial charge in [0.05, 0.1) is 13.2 Å². The van der Waals surface area contributed by atoms with Gasteiger partial charge in [0.15, 0.2) is 5.84 Å². The van der Waals surface area contributed by atoms with Crippen molar-refractivity contribution in [2.45, 2.75) is 32.4 Å². The SMILES string of the molecule is Cc1cc(C)cc(C2=NOC3(CCOCC3)N2NC(=O)c2ccccc2)c1. The van der Waals surface area contributed by atoms with Gasteiger partial charge in [-0.1, -0.05) is 40.5 Å². The van der Waals surface area contributed by atoms with Crippen LogP contribution in [0.25, 0.3) is 0 Å². The smallest absolute Gasteiger partial charge is 0.269 e. The molecule has 1 fully saturated rings. The minimum atomic E-state index is -0.713. The van der Waals surface area contributed by atoms with E-state index in [2.05, 4.69) is 28.8 Å².